The van der Waals surface area contributed by atoms with Crippen LogP contribution in [0.15, 0.2) is 36.4 Å². The summed E-state index contributed by atoms with van der Waals surface area (Å²) in [6.45, 7) is 4.16. The van der Waals surface area contributed by atoms with E-state index in [4.69, 9.17) is 12.2 Å². The van der Waals surface area contributed by atoms with Crippen LogP contribution in [0, 0.1) is 4.77 Å². The monoisotopic (exact) mass is 366 g/mol. The topological polar surface area (TPSA) is 62.7 Å². The number of nitrogens with zero attached hydrogens (tertiary/aromatic N) is 2. The standard InChI is InChI=1S/C20H22N4OS/c1-4-13-8-9-17(11-18(13)21-3)24-19(22-23-20(24)26)15-6-7-16(12-25)14(5-2)10-15/h6-12,21H,4-5H2,1-3H3,(H,23,26). The molecule has 5 nitrogen and oxygen atoms in total. The molecule has 0 fully saturated rings. The minimum absolute atomic E-state index is 0.531. The number of aryl methyl sites for hydroxylation is 2. The van der Waals surface area contributed by atoms with E-state index in [1.807, 2.05) is 36.7 Å². The first kappa shape index (κ1) is 18.1. The van der Waals surface area contributed by atoms with Gasteiger partial charge in [-0.3, -0.25) is 14.5 Å². The molecule has 26 heavy (non-hydrogen) atoms. The first-order chi connectivity index (χ1) is 12.6. The van der Waals surface area contributed by atoms with Crippen molar-refractivity contribution in [3.05, 3.63) is 57.9 Å². The highest BCUT2D eigenvalue weighted by molar-refractivity contribution is 7.71. The Balaban J connectivity index is 2.17. The zero-order valence-corrected chi connectivity index (χ0v) is 16.0. The van der Waals surface area contributed by atoms with Gasteiger partial charge >= 0.3 is 0 Å². The van der Waals surface area contributed by atoms with Gasteiger partial charge in [0.2, 0.25) is 0 Å². The van der Waals surface area contributed by atoms with Gasteiger partial charge in [-0.2, -0.15) is 5.10 Å². The van der Waals surface area contributed by atoms with Crippen LogP contribution in [0.1, 0.15) is 35.3 Å². The van der Waals surface area contributed by atoms with Crippen LogP contribution >= 0.6 is 12.2 Å². The quantitative estimate of drug-likeness (QED) is 0.495. The Morgan fingerprint density at radius 1 is 1.15 bits per heavy atom. The summed E-state index contributed by atoms with van der Waals surface area (Å²) in [7, 11) is 1.92. The molecule has 1 heterocycles. The molecule has 0 spiro atoms. The molecule has 0 saturated carbocycles. The number of aromatic nitrogens is 3. The van der Waals surface area contributed by atoms with E-state index in [-0.39, 0.29) is 0 Å². The van der Waals surface area contributed by atoms with Gasteiger partial charge in [0.05, 0.1) is 5.69 Å². The van der Waals surface area contributed by atoms with Gasteiger partial charge in [0.1, 0.15) is 6.29 Å². The molecule has 134 valence electrons. The zero-order chi connectivity index (χ0) is 18.7. The minimum Gasteiger partial charge on any atom is -0.388 e. The molecule has 0 aliphatic carbocycles. The molecule has 1 aromatic heterocycles. The lowest BCUT2D eigenvalue weighted by Crippen LogP contribution is -2.02. The van der Waals surface area contributed by atoms with Crippen molar-refractivity contribution < 1.29 is 4.79 Å². The van der Waals surface area contributed by atoms with Gasteiger partial charge in [0.25, 0.3) is 0 Å². The number of aromatic amines is 1. The van der Waals surface area contributed by atoms with Gasteiger partial charge in [0.15, 0.2) is 10.6 Å². The number of carbonyl (C=O) groups is 1. The second-order valence-corrected chi connectivity index (χ2v) is 6.40. The zero-order valence-electron chi connectivity index (χ0n) is 15.2. The molecule has 2 aromatic carbocycles. The highest BCUT2D eigenvalue weighted by Gasteiger charge is 2.13. The molecular weight excluding hydrogens is 344 g/mol. The first-order valence-corrected chi connectivity index (χ1v) is 9.10. The van der Waals surface area contributed by atoms with Crippen molar-refractivity contribution in [3.63, 3.8) is 0 Å². The molecule has 0 unspecified atom stereocenters. The van der Waals surface area contributed by atoms with Crippen molar-refractivity contribution in [2.75, 3.05) is 12.4 Å². The Hall–Kier alpha value is -2.73. The lowest BCUT2D eigenvalue weighted by molar-refractivity contribution is 0.112. The van der Waals surface area contributed by atoms with Crippen molar-refractivity contribution >= 4 is 24.2 Å². The van der Waals surface area contributed by atoms with Gasteiger partial charge in [-0.05, 0) is 54.4 Å². The minimum atomic E-state index is 0.531. The summed E-state index contributed by atoms with van der Waals surface area (Å²) < 4.78 is 2.45. The number of hydrogen-bond donors (Lipinski definition) is 2. The fourth-order valence-corrected chi connectivity index (χ4v) is 3.38. The number of benzene rings is 2. The first-order valence-electron chi connectivity index (χ1n) is 8.69. The fraction of sp³-hybridized carbons (Fsp3) is 0.250. The maximum absolute atomic E-state index is 11.2. The SMILES string of the molecule is CCc1cc(-c2n[nH]c(=S)n2-c2ccc(CC)c(NC)c2)ccc1C=O. The summed E-state index contributed by atoms with van der Waals surface area (Å²) in [5.41, 5.74) is 5.89. The molecule has 0 amide bonds. The molecule has 6 heteroatoms. The molecular formula is C20H22N4OS. The van der Waals surface area contributed by atoms with E-state index < -0.39 is 0 Å². The van der Waals surface area contributed by atoms with Crippen LogP contribution < -0.4 is 5.32 Å². The lowest BCUT2D eigenvalue weighted by Gasteiger charge is -2.13. The smallest absolute Gasteiger partial charge is 0.200 e. The highest BCUT2D eigenvalue weighted by atomic mass is 32.1. The predicted molar refractivity (Wildman–Crippen MR) is 108 cm³/mol. The van der Waals surface area contributed by atoms with Gasteiger partial charge < -0.3 is 5.32 Å². The molecule has 0 aliphatic heterocycles. The second kappa shape index (κ2) is 7.66. The van der Waals surface area contributed by atoms with E-state index in [2.05, 4.69) is 40.6 Å². The van der Waals surface area contributed by atoms with Gasteiger partial charge in [-0.15, -0.1) is 0 Å². The van der Waals surface area contributed by atoms with Crippen LogP contribution in [0.5, 0.6) is 0 Å². The van der Waals surface area contributed by atoms with Gasteiger partial charge in [-0.25, -0.2) is 0 Å². The largest absolute Gasteiger partial charge is 0.388 e. The van der Waals surface area contributed by atoms with Crippen LogP contribution in [-0.4, -0.2) is 28.1 Å². The van der Waals surface area contributed by atoms with Crippen molar-refractivity contribution in [3.8, 4) is 17.1 Å². The number of aldehydes is 1. The summed E-state index contributed by atoms with van der Waals surface area (Å²) in [6.07, 6.45) is 2.62. The highest BCUT2D eigenvalue weighted by Crippen LogP contribution is 2.27. The summed E-state index contributed by atoms with van der Waals surface area (Å²) >= 11 is 5.47. The lowest BCUT2D eigenvalue weighted by atomic mass is 10.0. The maximum atomic E-state index is 11.2. The summed E-state index contributed by atoms with van der Waals surface area (Å²) in [4.78, 5) is 11.2. The third-order valence-corrected chi connectivity index (χ3v) is 4.86. The molecule has 3 aromatic rings. The number of rotatable bonds is 6. The molecule has 0 atom stereocenters. The maximum Gasteiger partial charge on any atom is 0.200 e. The van der Waals surface area contributed by atoms with Crippen LogP contribution in [-0.2, 0) is 12.8 Å². The van der Waals surface area contributed by atoms with E-state index in [1.165, 1.54) is 5.56 Å². The Kier molecular flexibility index (Phi) is 5.32. The van der Waals surface area contributed by atoms with Crippen LogP contribution in [0.3, 0.4) is 0 Å². The number of nitrogens with one attached hydrogen (secondary N) is 2. The van der Waals surface area contributed by atoms with E-state index in [0.29, 0.717) is 10.3 Å². The van der Waals surface area contributed by atoms with E-state index in [1.54, 1.807) is 0 Å². The predicted octanol–water partition coefficient (Wildman–Crippen LogP) is 4.58. The Bertz CT molecular complexity index is 1000. The van der Waals surface area contributed by atoms with Crippen molar-refractivity contribution in [1.82, 2.24) is 14.8 Å². The Labute approximate surface area is 158 Å². The van der Waals surface area contributed by atoms with Gasteiger partial charge in [-0.1, -0.05) is 32.0 Å². The molecule has 3 rings (SSSR count). The number of hydrogen-bond acceptors (Lipinski definition) is 4. The summed E-state index contributed by atoms with van der Waals surface area (Å²) in [5.74, 6) is 0.730. The summed E-state index contributed by atoms with van der Waals surface area (Å²) in [5, 5.41) is 10.6. The van der Waals surface area contributed by atoms with Gasteiger partial charge in [0, 0.05) is 23.9 Å². The molecule has 0 bridgehead atoms. The second-order valence-electron chi connectivity index (χ2n) is 6.02. The summed E-state index contributed by atoms with van der Waals surface area (Å²) in [6, 6.07) is 12.0. The average molecular weight is 366 g/mol. The van der Waals surface area contributed by atoms with E-state index in [0.717, 1.165) is 47.5 Å². The van der Waals surface area contributed by atoms with Crippen molar-refractivity contribution in [2.45, 2.75) is 26.7 Å². The Morgan fingerprint density at radius 2 is 1.92 bits per heavy atom. The third-order valence-electron chi connectivity index (χ3n) is 4.58. The van der Waals surface area contributed by atoms with Crippen molar-refractivity contribution in [2.24, 2.45) is 0 Å². The Morgan fingerprint density at radius 3 is 2.58 bits per heavy atom. The average Bonchev–Trinajstić information content (AvgIpc) is 3.08. The van der Waals surface area contributed by atoms with Crippen LogP contribution in [0.2, 0.25) is 0 Å². The number of anilines is 1. The number of H-pyrrole nitrogens is 1. The van der Waals surface area contributed by atoms with Crippen LogP contribution in [0.25, 0.3) is 17.1 Å². The molecule has 2 N–H and O–H groups in total. The third kappa shape index (κ3) is 3.20. The fourth-order valence-electron chi connectivity index (χ4n) is 3.14. The van der Waals surface area contributed by atoms with Crippen LogP contribution in [0.4, 0.5) is 5.69 Å². The van der Waals surface area contributed by atoms with E-state index >= 15 is 0 Å². The van der Waals surface area contributed by atoms with E-state index in [9.17, 15) is 4.79 Å². The number of carbonyl (C=O) groups excluding carboxylic acids is 1. The molecule has 0 aliphatic rings. The molecule has 0 radical (unpaired) electrons. The molecule has 0 saturated heterocycles. The van der Waals surface area contributed by atoms with Crippen molar-refractivity contribution in [1.29, 1.82) is 0 Å². The normalized spacial score (nSPS) is 10.7.